The van der Waals surface area contributed by atoms with Gasteiger partial charge in [0.25, 0.3) is 0 Å². The van der Waals surface area contributed by atoms with Crippen LogP contribution in [0.3, 0.4) is 0 Å². The number of rotatable bonds is 3. The lowest BCUT2D eigenvalue weighted by Crippen LogP contribution is -2.45. The van der Waals surface area contributed by atoms with E-state index < -0.39 is 0 Å². The molecule has 0 aromatic heterocycles. The molecule has 2 heterocycles. The van der Waals surface area contributed by atoms with Crippen LogP contribution < -0.4 is 0 Å². The van der Waals surface area contributed by atoms with Gasteiger partial charge in [-0.25, -0.2) is 0 Å². The summed E-state index contributed by atoms with van der Waals surface area (Å²) in [6.45, 7) is 0.655. The van der Waals surface area contributed by atoms with Crippen molar-refractivity contribution in [2.24, 2.45) is 0 Å². The highest BCUT2D eigenvalue weighted by Gasteiger charge is 2.45. The molecule has 0 spiro atoms. The minimum atomic E-state index is -0.170. The Morgan fingerprint density at radius 3 is 2.65 bits per heavy atom. The van der Waals surface area contributed by atoms with Gasteiger partial charge in [-0.2, -0.15) is 0 Å². The molecule has 1 saturated carbocycles. The Balaban J connectivity index is 1.58. The highest BCUT2D eigenvalue weighted by Crippen LogP contribution is 2.33. The van der Waals surface area contributed by atoms with E-state index in [2.05, 4.69) is 0 Å². The Bertz CT molecular complexity index is 252. The average molecular weight is 242 g/mol. The van der Waals surface area contributed by atoms with Crippen molar-refractivity contribution in [3.8, 4) is 0 Å². The SMILES string of the molecule is CO[C@@H]1C[C@H](OC2CCCCC2)[C@H]2COC1O2. The predicted octanol–water partition coefficient (Wildman–Crippen LogP) is 1.86. The summed E-state index contributed by atoms with van der Waals surface area (Å²) in [4.78, 5) is 0. The molecule has 98 valence electrons. The summed E-state index contributed by atoms with van der Waals surface area (Å²) in [5.74, 6) is 0. The average Bonchev–Trinajstić information content (AvgIpc) is 2.79. The van der Waals surface area contributed by atoms with Gasteiger partial charge in [-0.15, -0.1) is 0 Å². The normalized spacial score (nSPS) is 42.9. The number of hydrogen-bond acceptors (Lipinski definition) is 4. The number of hydrogen-bond donors (Lipinski definition) is 0. The molecule has 2 bridgehead atoms. The van der Waals surface area contributed by atoms with Crippen LogP contribution in [0.25, 0.3) is 0 Å². The third-order valence-electron chi connectivity index (χ3n) is 4.14. The van der Waals surface area contributed by atoms with Crippen molar-refractivity contribution in [2.75, 3.05) is 13.7 Å². The van der Waals surface area contributed by atoms with E-state index >= 15 is 0 Å². The van der Waals surface area contributed by atoms with Crippen LogP contribution in [0, 0.1) is 0 Å². The lowest BCUT2D eigenvalue weighted by Gasteiger charge is -2.35. The van der Waals surface area contributed by atoms with E-state index in [-0.39, 0.29) is 24.6 Å². The van der Waals surface area contributed by atoms with Crippen molar-refractivity contribution < 1.29 is 18.9 Å². The molecular weight excluding hydrogens is 220 g/mol. The monoisotopic (exact) mass is 242 g/mol. The van der Waals surface area contributed by atoms with Crippen molar-refractivity contribution in [1.29, 1.82) is 0 Å². The van der Waals surface area contributed by atoms with Crippen LogP contribution in [-0.2, 0) is 18.9 Å². The first kappa shape index (κ1) is 11.9. The van der Waals surface area contributed by atoms with Gasteiger partial charge in [0.15, 0.2) is 6.29 Å². The standard InChI is InChI=1S/C13H22O4/c1-14-11-7-10(12-8-15-13(11)17-12)16-9-5-3-2-4-6-9/h9-13H,2-8H2,1H3/t10-,11+,12+,13?/m0/s1. The fourth-order valence-electron chi connectivity index (χ4n) is 3.12. The Morgan fingerprint density at radius 1 is 1.06 bits per heavy atom. The summed E-state index contributed by atoms with van der Waals surface area (Å²) in [7, 11) is 1.72. The van der Waals surface area contributed by atoms with Crippen molar-refractivity contribution >= 4 is 0 Å². The lowest BCUT2D eigenvalue weighted by molar-refractivity contribution is -0.208. The third-order valence-corrected chi connectivity index (χ3v) is 4.14. The van der Waals surface area contributed by atoms with Gasteiger partial charge in [-0.1, -0.05) is 19.3 Å². The minimum Gasteiger partial charge on any atom is -0.376 e. The van der Waals surface area contributed by atoms with Gasteiger partial charge in [-0.3, -0.25) is 0 Å². The summed E-state index contributed by atoms with van der Waals surface area (Å²) < 4.78 is 23.0. The van der Waals surface area contributed by atoms with E-state index in [0.29, 0.717) is 12.7 Å². The largest absolute Gasteiger partial charge is 0.376 e. The van der Waals surface area contributed by atoms with Crippen LogP contribution in [-0.4, -0.2) is 44.4 Å². The smallest absolute Gasteiger partial charge is 0.184 e. The van der Waals surface area contributed by atoms with E-state index in [1.165, 1.54) is 32.1 Å². The zero-order valence-electron chi connectivity index (χ0n) is 10.5. The Morgan fingerprint density at radius 2 is 1.88 bits per heavy atom. The second-order valence-electron chi connectivity index (χ2n) is 5.32. The number of ether oxygens (including phenoxy) is 4. The highest BCUT2D eigenvalue weighted by atomic mass is 16.8. The molecular formula is C13H22O4. The van der Waals surface area contributed by atoms with Gasteiger partial charge in [0.05, 0.1) is 18.8 Å². The summed E-state index contributed by atoms with van der Waals surface area (Å²) >= 11 is 0. The Kier molecular flexibility index (Phi) is 3.66. The van der Waals surface area contributed by atoms with Gasteiger partial charge < -0.3 is 18.9 Å². The van der Waals surface area contributed by atoms with Gasteiger partial charge in [0.2, 0.25) is 0 Å². The van der Waals surface area contributed by atoms with E-state index in [1.54, 1.807) is 7.11 Å². The van der Waals surface area contributed by atoms with E-state index in [0.717, 1.165) is 6.42 Å². The molecule has 1 unspecified atom stereocenters. The summed E-state index contributed by atoms with van der Waals surface area (Å²) in [5, 5.41) is 0. The molecule has 0 aromatic rings. The van der Waals surface area contributed by atoms with Crippen LogP contribution in [0.1, 0.15) is 38.5 Å². The molecule has 4 atom stereocenters. The maximum atomic E-state index is 6.21. The summed E-state index contributed by atoms with van der Waals surface area (Å²) in [5.41, 5.74) is 0. The van der Waals surface area contributed by atoms with Crippen molar-refractivity contribution in [3.05, 3.63) is 0 Å². The fraction of sp³-hybridized carbons (Fsp3) is 1.00. The molecule has 2 saturated heterocycles. The molecule has 0 N–H and O–H groups in total. The fourth-order valence-corrected chi connectivity index (χ4v) is 3.12. The molecule has 1 aliphatic carbocycles. The van der Waals surface area contributed by atoms with E-state index in [4.69, 9.17) is 18.9 Å². The van der Waals surface area contributed by atoms with Crippen LogP contribution in [0.15, 0.2) is 0 Å². The number of fused-ring (bicyclic) bond motifs is 2. The predicted molar refractivity (Wildman–Crippen MR) is 61.8 cm³/mol. The second kappa shape index (κ2) is 5.22. The van der Waals surface area contributed by atoms with E-state index in [9.17, 15) is 0 Å². The molecule has 0 amide bonds. The first-order chi connectivity index (χ1) is 8.36. The summed E-state index contributed by atoms with van der Waals surface area (Å²) in [6, 6.07) is 0. The molecule has 0 radical (unpaired) electrons. The first-order valence-electron chi connectivity index (χ1n) is 6.82. The Labute approximate surface area is 103 Å². The second-order valence-corrected chi connectivity index (χ2v) is 5.32. The van der Waals surface area contributed by atoms with Gasteiger partial charge in [0.1, 0.15) is 12.2 Å². The highest BCUT2D eigenvalue weighted by molar-refractivity contribution is 4.88. The topological polar surface area (TPSA) is 36.9 Å². The van der Waals surface area contributed by atoms with Crippen LogP contribution >= 0.6 is 0 Å². The lowest BCUT2D eigenvalue weighted by atomic mass is 9.96. The maximum Gasteiger partial charge on any atom is 0.184 e. The minimum absolute atomic E-state index is 0.0299. The molecule has 2 aliphatic heterocycles. The molecule has 4 heteroatoms. The molecule has 3 rings (SSSR count). The molecule has 0 aromatic carbocycles. The molecule has 4 nitrogen and oxygen atoms in total. The Hall–Kier alpha value is -0.160. The zero-order chi connectivity index (χ0) is 11.7. The summed E-state index contributed by atoms with van der Waals surface area (Å²) in [6.07, 6.45) is 7.82. The van der Waals surface area contributed by atoms with Crippen molar-refractivity contribution in [2.45, 2.75) is 69.2 Å². The molecule has 3 fully saturated rings. The maximum absolute atomic E-state index is 6.21. The van der Waals surface area contributed by atoms with Crippen LogP contribution in [0.4, 0.5) is 0 Å². The molecule has 3 aliphatic rings. The van der Waals surface area contributed by atoms with Gasteiger partial charge in [-0.05, 0) is 12.8 Å². The van der Waals surface area contributed by atoms with Gasteiger partial charge in [0, 0.05) is 13.5 Å². The van der Waals surface area contributed by atoms with Gasteiger partial charge >= 0.3 is 0 Å². The van der Waals surface area contributed by atoms with Crippen LogP contribution in [0.2, 0.25) is 0 Å². The molecule has 17 heavy (non-hydrogen) atoms. The van der Waals surface area contributed by atoms with Crippen molar-refractivity contribution in [3.63, 3.8) is 0 Å². The van der Waals surface area contributed by atoms with Crippen LogP contribution in [0.5, 0.6) is 0 Å². The quantitative estimate of drug-likeness (QED) is 0.757. The number of methoxy groups -OCH3 is 1. The van der Waals surface area contributed by atoms with E-state index in [1.807, 2.05) is 0 Å². The van der Waals surface area contributed by atoms with Crippen molar-refractivity contribution in [1.82, 2.24) is 0 Å². The third kappa shape index (κ3) is 2.50. The zero-order valence-corrected chi connectivity index (χ0v) is 10.5. The first-order valence-corrected chi connectivity index (χ1v) is 6.82.